The van der Waals surface area contributed by atoms with Crippen LogP contribution in [0.25, 0.3) is 5.69 Å². The van der Waals surface area contributed by atoms with Gasteiger partial charge >= 0.3 is 0 Å². The molecule has 0 radical (unpaired) electrons. The van der Waals surface area contributed by atoms with Crippen molar-refractivity contribution in [3.63, 3.8) is 0 Å². The maximum absolute atomic E-state index is 12.8. The van der Waals surface area contributed by atoms with Gasteiger partial charge < -0.3 is 9.88 Å². The molecule has 3 aromatic rings. The van der Waals surface area contributed by atoms with Crippen LogP contribution in [0.4, 0.5) is 5.69 Å². The molecule has 1 aliphatic heterocycles. The highest BCUT2D eigenvalue weighted by Gasteiger charge is 2.26. The van der Waals surface area contributed by atoms with Crippen LogP contribution in [-0.2, 0) is 11.3 Å². The number of benzene rings is 2. The van der Waals surface area contributed by atoms with E-state index in [4.69, 9.17) is 11.6 Å². The standard InChI is InChI=1S/C22H23ClN4O/c23-20-13-19(8-9-21(20)27-12-10-24-16-27)25-22(28)18-7-4-11-26(15-18)14-17-5-2-1-3-6-17/h1-3,5-6,8-10,12-13,16,18H,4,7,11,14-15H2,(H,25,28). The Morgan fingerprint density at radius 2 is 2.07 bits per heavy atom. The Morgan fingerprint density at radius 1 is 1.21 bits per heavy atom. The third kappa shape index (κ3) is 4.43. The van der Waals surface area contributed by atoms with Gasteiger partial charge in [0.05, 0.1) is 23.0 Å². The van der Waals surface area contributed by atoms with Gasteiger partial charge in [0.25, 0.3) is 0 Å². The van der Waals surface area contributed by atoms with Crippen LogP contribution >= 0.6 is 11.6 Å². The van der Waals surface area contributed by atoms with Crippen molar-refractivity contribution in [2.24, 2.45) is 5.92 Å². The van der Waals surface area contributed by atoms with Crippen molar-refractivity contribution >= 4 is 23.2 Å². The molecule has 1 saturated heterocycles. The number of hydrogen-bond donors (Lipinski definition) is 1. The highest BCUT2D eigenvalue weighted by Crippen LogP contribution is 2.26. The number of nitrogens with one attached hydrogen (secondary N) is 1. The number of carbonyl (C=O) groups excluding carboxylic acids is 1. The highest BCUT2D eigenvalue weighted by molar-refractivity contribution is 6.32. The Hall–Kier alpha value is -2.63. The quantitative estimate of drug-likeness (QED) is 0.698. The number of amides is 1. The summed E-state index contributed by atoms with van der Waals surface area (Å²) in [6, 6.07) is 16.0. The van der Waals surface area contributed by atoms with E-state index in [2.05, 4.69) is 39.5 Å². The second-order valence-electron chi connectivity index (χ2n) is 7.19. The predicted octanol–water partition coefficient (Wildman–Crippen LogP) is 4.38. The number of hydrogen-bond acceptors (Lipinski definition) is 3. The molecular weight excluding hydrogens is 372 g/mol. The Labute approximate surface area is 170 Å². The predicted molar refractivity (Wildman–Crippen MR) is 112 cm³/mol. The second-order valence-corrected chi connectivity index (χ2v) is 7.59. The van der Waals surface area contributed by atoms with Gasteiger partial charge in [-0.3, -0.25) is 9.69 Å². The minimum Gasteiger partial charge on any atom is -0.326 e. The van der Waals surface area contributed by atoms with Crippen LogP contribution in [0.2, 0.25) is 5.02 Å². The smallest absolute Gasteiger partial charge is 0.228 e. The summed E-state index contributed by atoms with van der Waals surface area (Å²) in [5.74, 6) is 0.0498. The van der Waals surface area contributed by atoms with E-state index in [0.717, 1.165) is 43.9 Å². The molecule has 2 aromatic carbocycles. The van der Waals surface area contributed by atoms with E-state index in [9.17, 15) is 4.79 Å². The first-order valence-corrected chi connectivity index (χ1v) is 9.92. The number of halogens is 1. The first-order valence-electron chi connectivity index (χ1n) is 9.54. The van der Waals surface area contributed by atoms with Gasteiger partial charge in [0, 0.05) is 31.2 Å². The summed E-state index contributed by atoms with van der Waals surface area (Å²) in [6.07, 6.45) is 7.19. The molecule has 144 valence electrons. The van der Waals surface area contributed by atoms with Gasteiger partial charge in [-0.2, -0.15) is 0 Å². The van der Waals surface area contributed by atoms with Gasteiger partial charge in [-0.1, -0.05) is 41.9 Å². The van der Waals surface area contributed by atoms with Crippen molar-refractivity contribution in [3.05, 3.63) is 77.8 Å². The van der Waals surface area contributed by atoms with Crippen molar-refractivity contribution in [2.75, 3.05) is 18.4 Å². The largest absolute Gasteiger partial charge is 0.326 e. The van der Waals surface area contributed by atoms with Gasteiger partial charge in [-0.15, -0.1) is 0 Å². The molecule has 6 heteroatoms. The topological polar surface area (TPSA) is 50.2 Å². The number of rotatable bonds is 5. The van der Waals surface area contributed by atoms with E-state index in [-0.39, 0.29) is 11.8 Å². The van der Waals surface area contributed by atoms with Gasteiger partial charge in [-0.05, 0) is 43.1 Å². The Bertz CT molecular complexity index is 927. The number of aromatic nitrogens is 2. The van der Waals surface area contributed by atoms with Gasteiger partial charge in [0.1, 0.15) is 0 Å². The van der Waals surface area contributed by atoms with Gasteiger partial charge in [0.2, 0.25) is 5.91 Å². The summed E-state index contributed by atoms with van der Waals surface area (Å²) in [5.41, 5.74) is 2.84. The van der Waals surface area contributed by atoms with Crippen LogP contribution in [0.5, 0.6) is 0 Å². The SMILES string of the molecule is O=C(Nc1ccc(-n2ccnc2)c(Cl)c1)C1CCCN(Cc2ccccc2)C1. The number of anilines is 1. The average Bonchev–Trinajstić information content (AvgIpc) is 3.23. The zero-order valence-corrected chi connectivity index (χ0v) is 16.3. The van der Waals surface area contributed by atoms with Crippen molar-refractivity contribution in [3.8, 4) is 5.69 Å². The average molecular weight is 395 g/mol. The summed E-state index contributed by atoms with van der Waals surface area (Å²) < 4.78 is 1.84. The lowest BCUT2D eigenvalue weighted by atomic mass is 9.96. The van der Waals surface area contributed by atoms with Gasteiger partial charge in [-0.25, -0.2) is 4.98 Å². The van der Waals surface area contributed by atoms with Crippen LogP contribution in [0.15, 0.2) is 67.3 Å². The number of likely N-dealkylation sites (tertiary alicyclic amines) is 1. The van der Waals surface area contributed by atoms with E-state index < -0.39 is 0 Å². The molecule has 0 saturated carbocycles. The van der Waals surface area contributed by atoms with Crippen LogP contribution < -0.4 is 5.32 Å². The van der Waals surface area contributed by atoms with E-state index in [1.165, 1.54) is 5.56 Å². The summed E-state index contributed by atoms with van der Waals surface area (Å²) in [4.78, 5) is 19.2. The monoisotopic (exact) mass is 394 g/mol. The maximum Gasteiger partial charge on any atom is 0.228 e. The lowest BCUT2D eigenvalue weighted by Crippen LogP contribution is -2.40. The molecule has 1 unspecified atom stereocenters. The van der Waals surface area contributed by atoms with E-state index in [1.54, 1.807) is 18.6 Å². The molecule has 28 heavy (non-hydrogen) atoms. The fraction of sp³-hybridized carbons (Fsp3) is 0.273. The molecule has 0 spiro atoms. The number of imidazole rings is 1. The number of nitrogens with zero attached hydrogens (tertiary/aromatic N) is 3. The third-order valence-corrected chi connectivity index (χ3v) is 5.43. The van der Waals surface area contributed by atoms with Crippen molar-refractivity contribution in [1.82, 2.24) is 14.5 Å². The van der Waals surface area contributed by atoms with Gasteiger partial charge in [0.15, 0.2) is 0 Å². The fourth-order valence-electron chi connectivity index (χ4n) is 3.69. The summed E-state index contributed by atoms with van der Waals surface area (Å²) in [6.45, 7) is 2.70. The Balaban J connectivity index is 1.38. The Kier molecular flexibility index (Phi) is 5.74. The molecule has 1 N–H and O–H groups in total. The van der Waals surface area contributed by atoms with Crippen LogP contribution in [0, 0.1) is 5.92 Å². The van der Waals surface area contributed by atoms with Crippen LogP contribution in [0.1, 0.15) is 18.4 Å². The van der Waals surface area contributed by atoms with Crippen molar-refractivity contribution in [2.45, 2.75) is 19.4 Å². The zero-order chi connectivity index (χ0) is 19.3. The molecule has 1 amide bonds. The maximum atomic E-state index is 12.8. The number of piperidine rings is 1. The molecule has 0 aliphatic carbocycles. The van der Waals surface area contributed by atoms with E-state index in [1.807, 2.05) is 29.0 Å². The first-order chi connectivity index (χ1) is 13.7. The lowest BCUT2D eigenvalue weighted by Gasteiger charge is -2.32. The molecule has 5 nitrogen and oxygen atoms in total. The first kappa shape index (κ1) is 18.7. The minimum absolute atomic E-state index is 0.00966. The molecule has 0 bridgehead atoms. The molecule has 1 aliphatic rings. The fourth-order valence-corrected chi connectivity index (χ4v) is 3.97. The zero-order valence-electron chi connectivity index (χ0n) is 15.6. The van der Waals surface area contributed by atoms with Crippen LogP contribution in [-0.4, -0.2) is 33.4 Å². The van der Waals surface area contributed by atoms with E-state index in [0.29, 0.717) is 5.02 Å². The molecule has 1 fully saturated rings. The highest BCUT2D eigenvalue weighted by atomic mass is 35.5. The Morgan fingerprint density at radius 3 is 2.82 bits per heavy atom. The molecular formula is C22H23ClN4O. The minimum atomic E-state index is -0.00966. The molecule has 2 heterocycles. The molecule has 4 rings (SSSR count). The molecule has 1 atom stereocenters. The summed E-state index contributed by atoms with van der Waals surface area (Å²) in [5, 5.41) is 3.61. The normalized spacial score (nSPS) is 17.4. The van der Waals surface area contributed by atoms with E-state index >= 15 is 0 Å². The number of carbonyl (C=O) groups is 1. The molecule has 1 aromatic heterocycles. The second kappa shape index (κ2) is 8.59. The van der Waals surface area contributed by atoms with Crippen LogP contribution in [0.3, 0.4) is 0 Å². The summed E-state index contributed by atoms with van der Waals surface area (Å²) >= 11 is 6.40. The summed E-state index contributed by atoms with van der Waals surface area (Å²) in [7, 11) is 0. The van der Waals surface area contributed by atoms with Crippen molar-refractivity contribution in [1.29, 1.82) is 0 Å². The lowest BCUT2D eigenvalue weighted by molar-refractivity contribution is -0.121. The third-order valence-electron chi connectivity index (χ3n) is 5.12. The van der Waals surface area contributed by atoms with Crippen molar-refractivity contribution < 1.29 is 4.79 Å².